The molecule has 0 unspecified atom stereocenters. The minimum atomic E-state index is -1.11. The predicted octanol–water partition coefficient (Wildman–Crippen LogP) is 3.20. The first-order valence-corrected chi connectivity index (χ1v) is 5.74. The van der Waals surface area contributed by atoms with Crippen LogP contribution in [0.1, 0.15) is 21.5 Å². The van der Waals surface area contributed by atoms with Gasteiger partial charge in [-0.1, -0.05) is 23.2 Å². The number of carbonyl (C=O) groups is 1. The number of carboxylic acid groups (broad SMARTS) is 1. The van der Waals surface area contributed by atoms with E-state index in [0.717, 1.165) is 11.1 Å². The highest BCUT2D eigenvalue weighted by molar-refractivity contribution is 6.39. The normalized spacial score (nSPS) is 15.9. The fourth-order valence-electron chi connectivity index (χ4n) is 1.81. The lowest BCUT2D eigenvalue weighted by atomic mass is 9.98. The number of aromatic carboxylic acids is 1. The van der Waals surface area contributed by atoms with Gasteiger partial charge < -0.3 is 5.11 Å². The summed E-state index contributed by atoms with van der Waals surface area (Å²) in [6.07, 6.45) is 0.634. The molecule has 0 atom stereocenters. The van der Waals surface area contributed by atoms with E-state index in [4.69, 9.17) is 40.1 Å². The van der Waals surface area contributed by atoms with Gasteiger partial charge in [-0.25, -0.2) is 9.21 Å². The van der Waals surface area contributed by atoms with Crippen LogP contribution in [-0.4, -0.2) is 22.0 Å². The Kier molecular flexibility index (Phi) is 3.31. The second-order valence-electron chi connectivity index (χ2n) is 3.58. The van der Waals surface area contributed by atoms with Gasteiger partial charge in [0.1, 0.15) is 0 Å². The molecule has 1 aromatic carbocycles. The van der Waals surface area contributed by atoms with Gasteiger partial charge in [0.05, 0.1) is 15.6 Å². The smallest absolute Gasteiger partial charge is 0.338 e. The lowest BCUT2D eigenvalue weighted by Crippen LogP contribution is -2.23. The highest BCUT2D eigenvalue weighted by atomic mass is 35.5. The van der Waals surface area contributed by atoms with E-state index in [-0.39, 0.29) is 15.6 Å². The minimum absolute atomic E-state index is 0.0231. The Morgan fingerprint density at radius 2 is 2.12 bits per heavy atom. The van der Waals surface area contributed by atoms with Crippen molar-refractivity contribution in [3.05, 3.63) is 32.8 Å². The summed E-state index contributed by atoms with van der Waals surface area (Å²) in [7, 11) is 0. The Labute approximate surface area is 108 Å². The van der Waals surface area contributed by atoms with E-state index in [1.807, 2.05) is 0 Å². The first kappa shape index (κ1) is 12.0. The van der Waals surface area contributed by atoms with Crippen LogP contribution in [0.3, 0.4) is 0 Å². The topological polar surface area (TPSA) is 40.5 Å². The zero-order valence-corrected chi connectivity index (χ0v) is 10.4. The maximum absolute atomic E-state index is 11.0. The molecule has 1 aliphatic rings. The zero-order chi connectivity index (χ0) is 11.9. The van der Waals surface area contributed by atoms with Crippen molar-refractivity contribution in [2.75, 3.05) is 6.54 Å². The Hall–Kier alpha value is -0.480. The average molecular weight is 281 g/mol. The van der Waals surface area contributed by atoms with Crippen LogP contribution in [0.5, 0.6) is 0 Å². The highest BCUT2D eigenvalue weighted by Crippen LogP contribution is 2.34. The molecule has 0 aromatic heterocycles. The standard InChI is InChI=1S/C10H8Cl3NO2/c11-7-3-5-4-14(13)2-1-6(5)9(12)8(7)10(15)16/h3H,1-2,4H2,(H,15,16). The van der Waals surface area contributed by atoms with Crippen LogP contribution in [0, 0.1) is 0 Å². The predicted molar refractivity (Wildman–Crippen MR) is 63.4 cm³/mol. The zero-order valence-electron chi connectivity index (χ0n) is 8.14. The molecule has 0 saturated heterocycles. The van der Waals surface area contributed by atoms with Gasteiger partial charge in [0.15, 0.2) is 0 Å². The van der Waals surface area contributed by atoms with Crippen LogP contribution in [0.2, 0.25) is 10.0 Å². The summed E-state index contributed by atoms with van der Waals surface area (Å²) in [5.74, 6) is -1.11. The molecule has 0 spiro atoms. The summed E-state index contributed by atoms with van der Waals surface area (Å²) in [5, 5.41) is 9.39. The third-order valence-electron chi connectivity index (χ3n) is 2.57. The van der Waals surface area contributed by atoms with Crippen molar-refractivity contribution in [1.82, 2.24) is 4.42 Å². The molecule has 1 heterocycles. The van der Waals surface area contributed by atoms with Crippen molar-refractivity contribution in [2.24, 2.45) is 0 Å². The summed E-state index contributed by atoms with van der Waals surface area (Å²) >= 11 is 17.8. The maximum Gasteiger partial charge on any atom is 0.338 e. The van der Waals surface area contributed by atoms with E-state index >= 15 is 0 Å². The molecule has 0 bridgehead atoms. The minimum Gasteiger partial charge on any atom is -0.478 e. The Morgan fingerprint density at radius 3 is 2.75 bits per heavy atom. The maximum atomic E-state index is 11.0. The molecule has 0 amide bonds. The van der Waals surface area contributed by atoms with E-state index in [2.05, 4.69) is 0 Å². The number of benzene rings is 1. The number of hydrogen-bond donors (Lipinski definition) is 1. The van der Waals surface area contributed by atoms with Crippen LogP contribution in [0.4, 0.5) is 0 Å². The monoisotopic (exact) mass is 279 g/mol. The van der Waals surface area contributed by atoms with Crippen molar-refractivity contribution < 1.29 is 9.90 Å². The fourth-order valence-corrected chi connectivity index (χ4v) is 2.78. The lowest BCUT2D eigenvalue weighted by Gasteiger charge is -2.24. The second kappa shape index (κ2) is 4.41. The van der Waals surface area contributed by atoms with E-state index in [9.17, 15) is 4.79 Å². The molecule has 0 aliphatic carbocycles. The van der Waals surface area contributed by atoms with E-state index in [0.29, 0.717) is 19.5 Å². The second-order valence-corrected chi connectivity index (χ2v) is 4.85. The first-order valence-electron chi connectivity index (χ1n) is 4.64. The summed E-state index contributed by atoms with van der Waals surface area (Å²) in [6, 6.07) is 1.63. The molecule has 6 heteroatoms. The van der Waals surface area contributed by atoms with Crippen LogP contribution < -0.4 is 0 Å². The fraction of sp³-hybridized carbons (Fsp3) is 0.300. The van der Waals surface area contributed by atoms with Crippen LogP contribution >= 0.6 is 35.0 Å². The largest absolute Gasteiger partial charge is 0.478 e. The van der Waals surface area contributed by atoms with Crippen LogP contribution in [0.25, 0.3) is 0 Å². The third-order valence-corrected chi connectivity index (χ3v) is 3.58. The third kappa shape index (κ3) is 2.00. The van der Waals surface area contributed by atoms with Gasteiger partial charge in [-0.05, 0) is 35.4 Å². The summed E-state index contributed by atoms with van der Waals surface area (Å²) in [6.45, 7) is 1.17. The molecule has 2 rings (SSSR count). The molecule has 16 heavy (non-hydrogen) atoms. The van der Waals surface area contributed by atoms with Crippen molar-refractivity contribution in [3.8, 4) is 0 Å². The average Bonchev–Trinajstić information content (AvgIpc) is 2.15. The van der Waals surface area contributed by atoms with Gasteiger partial charge >= 0.3 is 5.97 Å². The number of halogens is 3. The number of nitrogens with zero attached hydrogens (tertiary/aromatic N) is 1. The van der Waals surface area contributed by atoms with E-state index in [1.165, 1.54) is 0 Å². The van der Waals surface area contributed by atoms with Gasteiger partial charge in [-0.2, -0.15) is 0 Å². The molecule has 0 radical (unpaired) electrons. The molecule has 0 fully saturated rings. The number of rotatable bonds is 1. The summed E-state index contributed by atoms with van der Waals surface area (Å²) in [4.78, 5) is 11.0. The first-order chi connectivity index (χ1) is 7.50. The Bertz CT molecular complexity index is 462. The molecule has 0 saturated carbocycles. The number of fused-ring (bicyclic) bond motifs is 1. The van der Waals surface area contributed by atoms with Gasteiger partial charge in [-0.3, -0.25) is 0 Å². The van der Waals surface area contributed by atoms with Crippen LogP contribution in [-0.2, 0) is 13.0 Å². The van der Waals surface area contributed by atoms with Crippen molar-refractivity contribution in [3.63, 3.8) is 0 Å². The molecular weight excluding hydrogens is 272 g/mol. The highest BCUT2D eigenvalue weighted by Gasteiger charge is 2.24. The van der Waals surface area contributed by atoms with E-state index < -0.39 is 5.97 Å². The van der Waals surface area contributed by atoms with Gasteiger partial charge in [0.25, 0.3) is 0 Å². The van der Waals surface area contributed by atoms with Gasteiger partial charge in [0.2, 0.25) is 0 Å². The van der Waals surface area contributed by atoms with Crippen molar-refractivity contribution in [1.29, 1.82) is 0 Å². The number of hydrogen-bond acceptors (Lipinski definition) is 2. The molecular formula is C10H8Cl3NO2. The van der Waals surface area contributed by atoms with E-state index in [1.54, 1.807) is 10.5 Å². The molecule has 1 N–H and O–H groups in total. The summed E-state index contributed by atoms with van der Waals surface area (Å²) < 4.78 is 1.62. The molecule has 1 aromatic rings. The molecule has 1 aliphatic heterocycles. The van der Waals surface area contributed by atoms with Gasteiger partial charge in [-0.15, -0.1) is 0 Å². The Morgan fingerprint density at radius 1 is 1.44 bits per heavy atom. The quantitative estimate of drug-likeness (QED) is 0.803. The Balaban J connectivity index is 2.59. The van der Waals surface area contributed by atoms with Crippen molar-refractivity contribution >= 4 is 40.9 Å². The number of carboxylic acids is 1. The lowest BCUT2D eigenvalue weighted by molar-refractivity contribution is 0.0697. The van der Waals surface area contributed by atoms with Crippen LogP contribution in [0.15, 0.2) is 6.07 Å². The van der Waals surface area contributed by atoms with Gasteiger partial charge in [0, 0.05) is 13.1 Å². The molecule has 86 valence electrons. The summed E-state index contributed by atoms with van der Waals surface area (Å²) in [5.41, 5.74) is 1.70. The SMILES string of the molecule is O=C(O)c1c(Cl)cc2c(c1Cl)CCN(Cl)C2. The molecule has 3 nitrogen and oxygen atoms in total. The van der Waals surface area contributed by atoms with Crippen molar-refractivity contribution in [2.45, 2.75) is 13.0 Å².